The third-order valence-corrected chi connectivity index (χ3v) is 4.33. The van der Waals surface area contributed by atoms with Gasteiger partial charge in [-0.1, -0.05) is 24.3 Å². The summed E-state index contributed by atoms with van der Waals surface area (Å²) in [6, 6.07) is 7.75. The van der Waals surface area contributed by atoms with Gasteiger partial charge in [-0.3, -0.25) is 4.79 Å². The van der Waals surface area contributed by atoms with Crippen molar-refractivity contribution >= 4 is 5.97 Å². The first-order valence-corrected chi connectivity index (χ1v) is 6.09. The maximum atomic E-state index is 11.4. The van der Waals surface area contributed by atoms with Crippen LogP contribution in [0, 0.1) is 0 Å². The molecule has 2 N–H and O–H groups in total. The molecule has 1 aromatic carbocycles. The van der Waals surface area contributed by atoms with Gasteiger partial charge in [0.15, 0.2) is 0 Å². The Hall–Kier alpha value is -1.35. The summed E-state index contributed by atoms with van der Waals surface area (Å²) in [5.41, 5.74) is 1.17. The number of aliphatic carboxylic acids is 1. The molecule has 0 aromatic heterocycles. The van der Waals surface area contributed by atoms with Crippen LogP contribution in [0.3, 0.4) is 0 Å². The van der Waals surface area contributed by atoms with E-state index in [1.165, 1.54) is 0 Å². The fraction of sp³-hybridized carbons (Fsp3) is 0.500. The molecule has 0 spiro atoms. The average Bonchev–Trinajstić information content (AvgIpc) is 3.23. The van der Waals surface area contributed by atoms with E-state index in [-0.39, 0.29) is 12.0 Å². The number of aliphatic hydroxyl groups excluding tert-OH is 1. The molecule has 0 radical (unpaired) electrons. The molecule has 2 saturated carbocycles. The Balaban J connectivity index is 2.09. The second-order valence-corrected chi connectivity index (χ2v) is 5.37. The van der Waals surface area contributed by atoms with Crippen LogP contribution in [-0.2, 0) is 15.6 Å². The first-order valence-electron chi connectivity index (χ1n) is 6.09. The van der Waals surface area contributed by atoms with Gasteiger partial charge in [-0.05, 0) is 36.8 Å². The van der Waals surface area contributed by atoms with E-state index in [0.717, 1.165) is 36.8 Å². The van der Waals surface area contributed by atoms with Crippen LogP contribution in [0.25, 0.3) is 0 Å². The van der Waals surface area contributed by atoms with Crippen molar-refractivity contribution in [1.29, 1.82) is 0 Å². The molecule has 0 aliphatic heterocycles. The van der Waals surface area contributed by atoms with Crippen molar-refractivity contribution in [2.24, 2.45) is 0 Å². The van der Waals surface area contributed by atoms with Crippen LogP contribution in [0.2, 0.25) is 0 Å². The largest absolute Gasteiger partial charge is 0.481 e. The molecular weight excluding hydrogens is 216 g/mol. The summed E-state index contributed by atoms with van der Waals surface area (Å²) in [7, 11) is 0. The minimum atomic E-state index is -0.723. The van der Waals surface area contributed by atoms with E-state index in [0.29, 0.717) is 0 Å². The number of hydrogen-bond donors (Lipinski definition) is 2. The van der Waals surface area contributed by atoms with Gasteiger partial charge >= 0.3 is 5.97 Å². The Kier molecular flexibility index (Phi) is 2.11. The van der Waals surface area contributed by atoms with Crippen molar-refractivity contribution in [3.05, 3.63) is 35.4 Å². The number of carboxylic acids is 1. The third-order valence-electron chi connectivity index (χ3n) is 4.33. The monoisotopic (exact) mass is 232 g/mol. The van der Waals surface area contributed by atoms with Gasteiger partial charge in [0.05, 0.1) is 12.0 Å². The van der Waals surface area contributed by atoms with E-state index in [1.54, 1.807) is 0 Å². The average molecular weight is 232 g/mol. The maximum Gasteiger partial charge on any atom is 0.314 e. The molecular formula is C14H16O3. The van der Waals surface area contributed by atoms with Crippen LogP contribution in [0.15, 0.2) is 24.3 Å². The molecule has 17 heavy (non-hydrogen) atoms. The fourth-order valence-corrected chi connectivity index (χ4v) is 2.75. The molecule has 3 heteroatoms. The number of hydrogen-bond acceptors (Lipinski definition) is 2. The lowest BCUT2D eigenvalue weighted by atomic mass is 9.84. The molecule has 0 unspecified atom stereocenters. The summed E-state index contributed by atoms with van der Waals surface area (Å²) in [6.07, 6.45) is 3.38. The quantitative estimate of drug-likeness (QED) is 0.832. The van der Waals surface area contributed by atoms with E-state index in [4.69, 9.17) is 0 Å². The summed E-state index contributed by atoms with van der Waals surface area (Å²) in [4.78, 5) is 11.4. The minimum absolute atomic E-state index is 0.125. The molecule has 1 aromatic rings. The van der Waals surface area contributed by atoms with Crippen molar-refractivity contribution in [2.45, 2.75) is 36.5 Å². The smallest absolute Gasteiger partial charge is 0.314 e. The Labute approximate surface area is 100 Å². The van der Waals surface area contributed by atoms with Crippen LogP contribution < -0.4 is 0 Å². The first kappa shape index (κ1) is 10.8. The van der Waals surface area contributed by atoms with Crippen LogP contribution >= 0.6 is 0 Å². The van der Waals surface area contributed by atoms with Gasteiger partial charge in [-0.15, -0.1) is 0 Å². The van der Waals surface area contributed by atoms with Gasteiger partial charge in [-0.25, -0.2) is 0 Å². The number of carbonyl (C=O) groups is 1. The van der Waals surface area contributed by atoms with Crippen molar-refractivity contribution in [2.75, 3.05) is 6.61 Å². The van der Waals surface area contributed by atoms with E-state index in [9.17, 15) is 15.0 Å². The molecule has 3 nitrogen and oxygen atoms in total. The molecule has 90 valence electrons. The highest BCUT2D eigenvalue weighted by atomic mass is 16.4. The fourth-order valence-electron chi connectivity index (χ4n) is 2.75. The standard InChI is InChI=1S/C14H16O3/c15-9-13(5-6-13)10-3-1-2-4-11(10)14(7-8-14)12(16)17/h1-4,15H,5-9H2,(H,16,17). The van der Waals surface area contributed by atoms with Gasteiger partial charge in [-0.2, -0.15) is 0 Å². The molecule has 0 heterocycles. The zero-order valence-electron chi connectivity index (χ0n) is 9.65. The van der Waals surface area contributed by atoms with Crippen molar-refractivity contribution < 1.29 is 15.0 Å². The zero-order chi connectivity index (χ0) is 12.1. The zero-order valence-corrected chi connectivity index (χ0v) is 9.65. The van der Waals surface area contributed by atoms with Crippen LogP contribution in [-0.4, -0.2) is 22.8 Å². The molecule has 2 aliphatic rings. The van der Waals surface area contributed by atoms with Crippen LogP contribution in [0.5, 0.6) is 0 Å². The lowest BCUT2D eigenvalue weighted by Crippen LogP contribution is -2.25. The van der Waals surface area contributed by atoms with E-state index < -0.39 is 11.4 Å². The van der Waals surface area contributed by atoms with Crippen molar-refractivity contribution in [3.8, 4) is 0 Å². The molecule has 3 rings (SSSR count). The molecule has 0 saturated heterocycles. The van der Waals surface area contributed by atoms with Crippen LogP contribution in [0.4, 0.5) is 0 Å². The summed E-state index contributed by atoms with van der Waals surface area (Å²) in [5.74, 6) is -0.723. The lowest BCUT2D eigenvalue weighted by molar-refractivity contribution is -0.140. The predicted octanol–water partition coefficient (Wildman–Crippen LogP) is 1.83. The molecule has 2 aliphatic carbocycles. The van der Waals surface area contributed by atoms with E-state index in [1.807, 2.05) is 24.3 Å². The molecule has 2 fully saturated rings. The Bertz CT molecular complexity index is 470. The van der Waals surface area contributed by atoms with Gasteiger partial charge in [0.2, 0.25) is 0 Å². The summed E-state index contributed by atoms with van der Waals surface area (Å²) >= 11 is 0. The third kappa shape index (κ3) is 1.42. The van der Waals surface area contributed by atoms with Gasteiger partial charge < -0.3 is 10.2 Å². The van der Waals surface area contributed by atoms with Gasteiger partial charge in [0.1, 0.15) is 0 Å². The molecule has 0 bridgehead atoms. The summed E-state index contributed by atoms with van der Waals surface area (Å²) in [5, 5.41) is 18.9. The normalized spacial score (nSPS) is 23.1. The number of benzene rings is 1. The number of carboxylic acid groups (broad SMARTS) is 1. The predicted molar refractivity (Wildman–Crippen MR) is 63.0 cm³/mol. The Morgan fingerprint density at radius 2 is 1.71 bits per heavy atom. The number of aliphatic hydroxyl groups is 1. The molecule has 0 amide bonds. The van der Waals surface area contributed by atoms with Gasteiger partial charge in [0.25, 0.3) is 0 Å². The topological polar surface area (TPSA) is 57.5 Å². The lowest BCUT2D eigenvalue weighted by Gasteiger charge is -2.21. The van der Waals surface area contributed by atoms with Crippen LogP contribution in [0.1, 0.15) is 36.8 Å². The highest BCUT2D eigenvalue weighted by Crippen LogP contribution is 2.56. The SMILES string of the molecule is O=C(O)C1(c2ccccc2C2(CO)CC2)CC1. The van der Waals surface area contributed by atoms with Crippen molar-refractivity contribution in [1.82, 2.24) is 0 Å². The number of rotatable bonds is 4. The van der Waals surface area contributed by atoms with Crippen molar-refractivity contribution in [3.63, 3.8) is 0 Å². The summed E-state index contributed by atoms with van der Waals surface area (Å²) < 4.78 is 0. The van der Waals surface area contributed by atoms with E-state index >= 15 is 0 Å². The first-order chi connectivity index (χ1) is 8.15. The van der Waals surface area contributed by atoms with Gasteiger partial charge in [0, 0.05) is 5.41 Å². The Morgan fingerprint density at radius 1 is 1.12 bits per heavy atom. The maximum absolute atomic E-state index is 11.4. The second kappa shape index (κ2) is 3.33. The minimum Gasteiger partial charge on any atom is -0.481 e. The second-order valence-electron chi connectivity index (χ2n) is 5.37. The summed E-state index contributed by atoms with van der Waals surface area (Å²) in [6.45, 7) is 0.125. The molecule has 0 atom stereocenters. The Morgan fingerprint density at radius 3 is 2.12 bits per heavy atom. The highest BCUT2D eigenvalue weighted by molar-refractivity contribution is 5.85. The highest BCUT2D eigenvalue weighted by Gasteiger charge is 2.56. The van der Waals surface area contributed by atoms with E-state index in [2.05, 4.69) is 0 Å².